The Hall–Kier alpha value is -1.31. The van der Waals surface area contributed by atoms with Gasteiger partial charge in [-0.25, -0.2) is 0 Å². The fourth-order valence-corrected chi connectivity index (χ4v) is 2.23. The van der Waals surface area contributed by atoms with E-state index in [2.05, 4.69) is 6.92 Å². The summed E-state index contributed by atoms with van der Waals surface area (Å²) in [5.74, 6) is -0.891. The number of aryl methyl sites for hydroxylation is 1. The topological polar surface area (TPSA) is 37.3 Å². The van der Waals surface area contributed by atoms with Crippen molar-refractivity contribution < 1.29 is 9.90 Å². The summed E-state index contributed by atoms with van der Waals surface area (Å²) in [7, 11) is 0. The van der Waals surface area contributed by atoms with Gasteiger partial charge in [-0.15, -0.1) is 0 Å². The van der Waals surface area contributed by atoms with Gasteiger partial charge in [-0.1, -0.05) is 56.9 Å². The van der Waals surface area contributed by atoms with Gasteiger partial charge in [0.15, 0.2) is 0 Å². The van der Waals surface area contributed by atoms with E-state index in [0.717, 1.165) is 19.3 Å². The van der Waals surface area contributed by atoms with Crippen LogP contribution in [0.2, 0.25) is 0 Å². The molecular weight excluding hydrogens is 224 g/mol. The monoisotopic (exact) mass is 248 g/mol. The van der Waals surface area contributed by atoms with Crippen molar-refractivity contribution in [2.75, 3.05) is 0 Å². The van der Waals surface area contributed by atoms with E-state index in [4.69, 9.17) is 0 Å². The minimum atomic E-state index is -0.658. The molecular formula is C16H24O2. The molecule has 1 rings (SSSR count). The average Bonchev–Trinajstić information content (AvgIpc) is 2.35. The van der Waals surface area contributed by atoms with E-state index >= 15 is 0 Å². The number of hydrogen-bond donors (Lipinski definition) is 1. The molecule has 2 heteroatoms. The van der Waals surface area contributed by atoms with E-state index in [9.17, 15) is 9.90 Å². The van der Waals surface area contributed by atoms with E-state index in [1.165, 1.54) is 24.0 Å². The van der Waals surface area contributed by atoms with E-state index in [1.54, 1.807) is 0 Å². The van der Waals surface area contributed by atoms with Crippen molar-refractivity contribution in [1.29, 1.82) is 0 Å². The first-order valence-corrected chi connectivity index (χ1v) is 6.92. The van der Waals surface area contributed by atoms with Crippen molar-refractivity contribution in [3.63, 3.8) is 0 Å². The van der Waals surface area contributed by atoms with Crippen molar-refractivity contribution in [2.45, 2.75) is 52.4 Å². The van der Waals surface area contributed by atoms with Crippen LogP contribution in [0, 0.1) is 12.8 Å². The van der Waals surface area contributed by atoms with Crippen molar-refractivity contribution >= 4 is 5.97 Å². The third kappa shape index (κ3) is 4.91. The minimum absolute atomic E-state index is 0.233. The first kappa shape index (κ1) is 14.7. The zero-order valence-electron chi connectivity index (χ0n) is 11.5. The Morgan fingerprint density at radius 2 is 1.94 bits per heavy atom. The van der Waals surface area contributed by atoms with E-state index < -0.39 is 5.97 Å². The number of unbranched alkanes of at least 4 members (excludes halogenated alkanes) is 3. The molecule has 0 radical (unpaired) electrons. The predicted molar refractivity (Wildman–Crippen MR) is 74.8 cm³/mol. The summed E-state index contributed by atoms with van der Waals surface area (Å²) in [4.78, 5) is 11.3. The Kier molecular flexibility index (Phi) is 6.48. The lowest BCUT2D eigenvalue weighted by Crippen LogP contribution is -2.17. The molecule has 0 aliphatic heterocycles. The minimum Gasteiger partial charge on any atom is -0.481 e. The molecule has 0 aromatic heterocycles. The molecule has 100 valence electrons. The summed E-state index contributed by atoms with van der Waals surface area (Å²) in [6.07, 6.45) is 6.02. The number of aliphatic carboxylic acids is 1. The first-order valence-electron chi connectivity index (χ1n) is 6.92. The Balaban J connectivity index is 2.53. The van der Waals surface area contributed by atoms with Crippen LogP contribution in [0.15, 0.2) is 24.3 Å². The van der Waals surface area contributed by atoms with Gasteiger partial charge in [0.2, 0.25) is 0 Å². The molecule has 0 bridgehead atoms. The van der Waals surface area contributed by atoms with Crippen molar-refractivity contribution in [2.24, 2.45) is 5.92 Å². The SMILES string of the molecule is CCCCCCC(Cc1ccccc1C)C(=O)O. The molecule has 1 aromatic rings. The summed E-state index contributed by atoms with van der Waals surface area (Å²) >= 11 is 0. The number of benzene rings is 1. The van der Waals surface area contributed by atoms with Crippen LogP contribution in [0.1, 0.15) is 50.2 Å². The molecule has 0 saturated heterocycles. The zero-order valence-corrected chi connectivity index (χ0v) is 11.5. The van der Waals surface area contributed by atoms with E-state index in [1.807, 2.05) is 31.2 Å². The molecule has 0 aliphatic rings. The van der Waals surface area contributed by atoms with Crippen LogP contribution in [0.25, 0.3) is 0 Å². The Morgan fingerprint density at radius 1 is 1.22 bits per heavy atom. The average molecular weight is 248 g/mol. The van der Waals surface area contributed by atoms with Crippen LogP contribution >= 0.6 is 0 Å². The lowest BCUT2D eigenvalue weighted by molar-refractivity contribution is -0.142. The largest absolute Gasteiger partial charge is 0.481 e. The summed E-state index contributed by atoms with van der Waals surface area (Å²) in [5, 5.41) is 9.28. The summed E-state index contributed by atoms with van der Waals surface area (Å²) in [6, 6.07) is 8.07. The van der Waals surface area contributed by atoms with Crippen molar-refractivity contribution in [1.82, 2.24) is 0 Å². The van der Waals surface area contributed by atoms with Gasteiger partial charge in [-0.3, -0.25) is 4.79 Å². The molecule has 0 heterocycles. The predicted octanol–water partition coefficient (Wildman–Crippen LogP) is 4.21. The van der Waals surface area contributed by atoms with Gasteiger partial charge in [-0.05, 0) is 30.9 Å². The highest BCUT2D eigenvalue weighted by molar-refractivity contribution is 5.70. The maximum atomic E-state index is 11.3. The standard InChI is InChI=1S/C16H24O2/c1-3-4-5-6-11-15(16(17)18)12-14-10-8-7-9-13(14)2/h7-10,15H,3-6,11-12H2,1-2H3,(H,17,18). The maximum absolute atomic E-state index is 11.3. The molecule has 2 nitrogen and oxygen atoms in total. The second-order valence-electron chi connectivity index (χ2n) is 5.02. The quantitative estimate of drug-likeness (QED) is 0.700. The van der Waals surface area contributed by atoms with Gasteiger partial charge in [0.25, 0.3) is 0 Å². The number of carboxylic acids is 1. The van der Waals surface area contributed by atoms with Gasteiger partial charge in [0.05, 0.1) is 5.92 Å². The normalized spacial score (nSPS) is 12.3. The zero-order chi connectivity index (χ0) is 13.4. The van der Waals surface area contributed by atoms with Crippen LogP contribution in [0.4, 0.5) is 0 Å². The fourth-order valence-electron chi connectivity index (χ4n) is 2.23. The Labute approximate surface area is 110 Å². The number of hydrogen-bond acceptors (Lipinski definition) is 1. The summed E-state index contributed by atoms with van der Waals surface area (Å²) in [5.41, 5.74) is 2.36. The number of rotatable bonds is 8. The molecule has 18 heavy (non-hydrogen) atoms. The Bertz CT molecular complexity index is 371. The van der Waals surface area contributed by atoms with Crippen molar-refractivity contribution in [3.8, 4) is 0 Å². The van der Waals surface area contributed by atoms with E-state index in [-0.39, 0.29) is 5.92 Å². The highest BCUT2D eigenvalue weighted by Crippen LogP contribution is 2.19. The van der Waals surface area contributed by atoms with Gasteiger partial charge < -0.3 is 5.11 Å². The van der Waals surface area contributed by atoms with Crippen LogP contribution in [0.5, 0.6) is 0 Å². The highest BCUT2D eigenvalue weighted by atomic mass is 16.4. The fraction of sp³-hybridized carbons (Fsp3) is 0.562. The van der Waals surface area contributed by atoms with Crippen LogP contribution in [-0.2, 0) is 11.2 Å². The molecule has 1 aromatic carbocycles. The van der Waals surface area contributed by atoms with Gasteiger partial charge >= 0.3 is 5.97 Å². The third-order valence-corrected chi connectivity index (χ3v) is 3.48. The molecule has 0 spiro atoms. The van der Waals surface area contributed by atoms with Gasteiger partial charge in [0.1, 0.15) is 0 Å². The molecule has 0 saturated carbocycles. The molecule has 0 fully saturated rings. The van der Waals surface area contributed by atoms with Gasteiger partial charge in [0, 0.05) is 0 Å². The van der Waals surface area contributed by atoms with Crippen molar-refractivity contribution in [3.05, 3.63) is 35.4 Å². The number of carbonyl (C=O) groups is 1. The summed E-state index contributed by atoms with van der Waals surface area (Å²) < 4.78 is 0. The summed E-state index contributed by atoms with van der Waals surface area (Å²) in [6.45, 7) is 4.22. The van der Waals surface area contributed by atoms with Crippen LogP contribution in [0.3, 0.4) is 0 Å². The second kappa shape index (κ2) is 7.91. The molecule has 1 atom stereocenters. The van der Waals surface area contributed by atoms with Gasteiger partial charge in [-0.2, -0.15) is 0 Å². The maximum Gasteiger partial charge on any atom is 0.306 e. The lowest BCUT2D eigenvalue weighted by Gasteiger charge is -2.13. The first-order chi connectivity index (χ1) is 8.65. The third-order valence-electron chi connectivity index (χ3n) is 3.48. The molecule has 1 N–H and O–H groups in total. The van der Waals surface area contributed by atoms with Crippen LogP contribution < -0.4 is 0 Å². The number of carboxylic acid groups (broad SMARTS) is 1. The highest BCUT2D eigenvalue weighted by Gasteiger charge is 2.18. The molecule has 0 aliphatic carbocycles. The second-order valence-corrected chi connectivity index (χ2v) is 5.02. The molecule has 0 amide bonds. The van der Waals surface area contributed by atoms with E-state index in [0.29, 0.717) is 6.42 Å². The lowest BCUT2D eigenvalue weighted by atomic mass is 9.92. The Morgan fingerprint density at radius 3 is 2.56 bits per heavy atom. The smallest absolute Gasteiger partial charge is 0.306 e. The molecule has 1 unspecified atom stereocenters. The van der Waals surface area contributed by atoms with Crippen LogP contribution in [-0.4, -0.2) is 11.1 Å².